The lowest BCUT2D eigenvalue weighted by atomic mass is 10.0. The predicted molar refractivity (Wildman–Crippen MR) is 93.8 cm³/mol. The first-order valence-corrected chi connectivity index (χ1v) is 7.71. The molecule has 0 aliphatic rings. The molecule has 0 saturated heterocycles. The second-order valence-corrected chi connectivity index (χ2v) is 5.77. The van der Waals surface area contributed by atoms with Crippen molar-refractivity contribution in [1.29, 1.82) is 5.26 Å². The number of carboxylic acid groups (broad SMARTS) is 1. The van der Waals surface area contributed by atoms with Crippen molar-refractivity contribution in [2.75, 3.05) is 33.2 Å². The molecule has 0 aliphatic carbocycles. The zero-order chi connectivity index (χ0) is 19.9. The Balaban J connectivity index is 3.20. The van der Waals surface area contributed by atoms with Crippen LogP contribution in [0.4, 0.5) is 10.5 Å². The smallest absolute Gasteiger partial charge is 0.329 e. The number of carbonyl (C=O) groups is 2. The van der Waals surface area contributed by atoms with Crippen LogP contribution in [0.3, 0.4) is 0 Å². The molecule has 0 atom stereocenters. The Labute approximate surface area is 152 Å². The minimum Gasteiger partial charge on any atom is -0.493 e. The largest absolute Gasteiger partial charge is 0.493 e. The number of hydrogen-bond acceptors (Lipinski definition) is 6. The average molecular weight is 365 g/mol. The molecule has 9 nitrogen and oxygen atoms in total. The molecule has 0 spiro atoms. The van der Waals surface area contributed by atoms with E-state index in [0.29, 0.717) is 22.9 Å². The first kappa shape index (κ1) is 20.9. The summed E-state index contributed by atoms with van der Waals surface area (Å²) in [6.45, 7) is 2.75. The van der Waals surface area contributed by atoms with Crippen molar-refractivity contribution in [1.82, 2.24) is 4.90 Å². The van der Waals surface area contributed by atoms with Crippen LogP contribution in [-0.4, -0.2) is 55.4 Å². The summed E-state index contributed by atoms with van der Waals surface area (Å²) in [5.74, 6) is -0.151. The van der Waals surface area contributed by atoms with E-state index in [2.05, 4.69) is 5.32 Å². The van der Waals surface area contributed by atoms with Gasteiger partial charge in [-0.3, -0.25) is 0 Å². The number of ether oxygens (including phenoxy) is 3. The van der Waals surface area contributed by atoms with Crippen LogP contribution in [0.5, 0.6) is 17.2 Å². The molecule has 142 valence electrons. The van der Waals surface area contributed by atoms with Crippen LogP contribution in [0.15, 0.2) is 12.1 Å². The molecular formula is C17H23N3O6. The fraction of sp³-hybridized carbons (Fsp3) is 0.471. The summed E-state index contributed by atoms with van der Waals surface area (Å²) in [6, 6.07) is 4.29. The third kappa shape index (κ3) is 4.47. The van der Waals surface area contributed by atoms with Gasteiger partial charge in [0.2, 0.25) is 5.75 Å². The fourth-order valence-corrected chi connectivity index (χ4v) is 2.26. The molecule has 2 amide bonds. The minimum atomic E-state index is -1.50. The summed E-state index contributed by atoms with van der Waals surface area (Å²) in [6.07, 6.45) is -0.000610. The molecule has 0 saturated carbocycles. The summed E-state index contributed by atoms with van der Waals surface area (Å²) in [5.41, 5.74) is -1.17. The van der Waals surface area contributed by atoms with Crippen molar-refractivity contribution in [2.24, 2.45) is 0 Å². The minimum absolute atomic E-state index is 0.000610. The highest BCUT2D eigenvalue weighted by Crippen LogP contribution is 2.40. The van der Waals surface area contributed by atoms with E-state index in [1.54, 1.807) is 0 Å². The number of urea groups is 1. The fourth-order valence-electron chi connectivity index (χ4n) is 2.26. The van der Waals surface area contributed by atoms with E-state index >= 15 is 0 Å². The van der Waals surface area contributed by atoms with Crippen molar-refractivity contribution in [3.8, 4) is 23.3 Å². The van der Waals surface area contributed by atoms with Gasteiger partial charge in [-0.15, -0.1) is 0 Å². The Morgan fingerprint density at radius 2 is 1.73 bits per heavy atom. The lowest BCUT2D eigenvalue weighted by molar-refractivity contribution is -0.147. The van der Waals surface area contributed by atoms with Gasteiger partial charge < -0.3 is 29.5 Å². The van der Waals surface area contributed by atoms with Crippen LogP contribution in [0.1, 0.15) is 20.3 Å². The zero-order valence-corrected chi connectivity index (χ0v) is 15.5. The van der Waals surface area contributed by atoms with Gasteiger partial charge >= 0.3 is 12.0 Å². The van der Waals surface area contributed by atoms with E-state index in [4.69, 9.17) is 19.5 Å². The van der Waals surface area contributed by atoms with E-state index in [1.807, 2.05) is 6.07 Å². The van der Waals surface area contributed by atoms with Crippen LogP contribution in [-0.2, 0) is 4.79 Å². The summed E-state index contributed by atoms with van der Waals surface area (Å²) in [5, 5.41) is 20.8. The lowest BCUT2D eigenvalue weighted by Crippen LogP contribution is -2.54. The quantitative estimate of drug-likeness (QED) is 0.725. The Morgan fingerprint density at radius 3 is 2.12 bits per heavy atom. The number of carboxylic acids is 1. The monoisotopic (exact) mass is 365 g/mol. The summed E-state index contributed by atoms with van der Waals surface area (Å²) < 4.78 is 15.7. The van der Waals surface area contributed by atoms with Crippen molar-refractivity contribution < 1.29 is 28.9 Å². The predicted octanol–water partition coefficient (Wildman–Crippen LogP) is 2.32. The van der Waals surface area contributed by atoms with Gasteiger partial charge in [-0.05, 0) is 13.8 Å². The maximum atomic E-state index is 12.7. The highest BCUT2D eigenvalue weighted by atomic mass is 16.5. The van der Waals surface area contributed by atoms with Crippen LogP contribution >= 0.6 is 0 Å². The molecule has 0 fully saturated rings. The molecule has 0 heterocycles. The maximum Gasteiger partial charge on any atom is 0.329 e. The molecule has 1 aromatic carbocycles. The molecule has 1 aromatic rings. The van der Waals surface area contributed by atoms with Gasteiger partial charge in [0, 0.05) is 18.7 Å². The first-order valence-electron chi connectivity index (χ1n) is 7.71. The van der Waals surface area contributed by atoms with Gasteiger partial charge in [0.05, 0.1) is 39.5 Å². The standard InChI is InChI=1S/C17H23N3O6/c1-17(2,15(21)22)20(8-6-7-18)16(23)19-11-9-12(24-3)14(26-5)13(10-11)25-4/h9-10H,6,8H2,1-5H3,(H,19,23)(H,21,22). The number of carbonyl (C=O) groups excluding carboxylic acids is 1. The second kappa shape index (κ2) is 8.80. The highest BCUT2D eigenvalue weighted by molar-refractivity contribution is 5.94. The number of rotatable bonds is 8. The van der Waals surface area contributed by atoms with Crippen LogP contribution < -0.4 is 19.5 Å². The molecule has 1 rings (SSSR count). The first-order chi connectivity index (χ1) is 12.2. The molecule has 0 aliphatic heterocycles. The van der Waals surface area contributed by atoms with Gasteiger partial charge in [-0.1, -0.05) is 0 Å². The third-order valence-corrected chi connectivity index (χ3v) is 3.81. The van der Waals surface area contributed by atoms with Gasteiger partial charge in [0.25, 0.3) is 0 Å². The number of aliphatic carboxylic acids is 1. The number of nitriles is 1. The van der Waals surface area contributed by atoms with E-state index in [0.717, 1.165) is 4.90 Å². The number of hydrogen-bond donors (Lipinski definition) is 2. The SMILES string of the molecule is COc1cc(NC(=O)N(CCC#N)C(C)(C)C(=O)O)cc(OC)c1OC. The van der Waals surface area contributed by atoms with Crippen molar-refractivity contribution >= 4 is 17.7 Å². The maximum absolute atomic E-state index is 12.7. The molecule has 0 unspecified atom stereocenters. The van der Waals surface area contributed by atoms with Gasteiger partial charge in [-0.25, -0.2) is 9.59 Å². The topological polar surface area (TPSA) is 121 Å². The van der Waals surface area contributed by atoms with Gasteiger partial charge in [-0.2, -0.15) is 5.26 Å². The van der Waals surface area contributed by atoms with Gasteiger partial charge in [0.15, 0.2) is 11.5 Å². The molecular weight excluding hydrogens is 342 g/mol. The molecule has 2 N–H and O–H groups in total. The van der Waals surface area contributed by atoms with E-state index in [1.165, 1.54) is 47.3 Å². The number of benzene rings is 1. The molecule has 0 aromatic heterocycles. The molecule has 9 heteroatoms. The second-order valence-electron chi connectivity index (χ2n) is 5.77. The number of nitrogens with one attached hydrogen (secondary N) is 1. The highest BCUT2D eigenvalue weighted by Gasteiger charge is 2.37. The molecule has 0 bridgehead atoms. The molecule has 0 radical (unpaired) electrons. The van der Waals surface area contributed by atoms with E-state index in [9.17, 15) is 14.7 Å². The lowest BCUT2D eigenvalue weighted by Gasteiger charge is -2.34. The number of amides is 2. The molecule has 26 heavy (non-hydrogen) atoms. The summed E-state index contributed by atoms with van der Waals surface area (Å²) >= 11 is 0. The average Bonchev–Trinajstić information content (AvgIpc) is 2.60. The Morgan fingerprint density at radius 1 is 1.19 bits per heavy atom. The Bertz CT molecular complexity index is 686. The number of anilines is 1. The van der Waals surface area contributed by atoms with E-state index in [-0.39, 0.29) is 13.0 Å². The Kier molecular flexibility index (Phi) is 7.07. The number of methoxy groups -OCH3 is 3. The summed E-state index contributed by atoms with van der Waals surface area (Å²) in [4.78, 5) is 25.2. The van der Waals surface area contributed by atoms with Crippen molar-refractivity contribution in [3.05, 3.63) is 12.1 Å². The number of nitrogens with zero attached hydrogens (tertiary/aromatic N) is 2. The van der Waals surface area contributed by atoms with Crippen molar-refractivity contribution in [3.63, 3.8) is 0 Å². The van der Waals surface area contributed by atoms with Crippen LogP contribution in [0.25, 0.3) is 0 Å². The van der Waals surface area contributed by atoms with Crippen molar-refractivity contribution in [2.45, 2.75) is 25.8 Å². The summed E-state index contributed by atoms with van der Waals surface area (Å²) in [7, 11) is 4.34. The van der Waals surface area contributed by atoms with Crippen LogP contribution in [0.2, 0.25) is 0 Å². The van der Waals surface area contributed by atoms with Crippen LogP contribution in [0, 0.1) is 11.3 Å². The zero-order valence-electron chi connectivity index (χ0n) is 15.5. The van der Waals surface area contributed by atoms with E-state index < -0.39 is 17.5 Å². The third-order valence-electron chi connectivity index (χ3n) is 3.81. The Hall–Kier alpha value is -3.15. The normalized spacial score (nSPS) is 10.5. The van der Waals surface area contributed by atoms with Gasteiger partial charge in [0.1, 0.15) is 5.54 Å².